The number of H-pyrrole nitrogens is 1. The number of hydrogen-bond acceptors (Lipinski definition) is 6. The van der Waals surface area contributed by atoms with Crippen molar-refractivity contribution in [1.29, 1.82) is 0 Å². The van der Waals surface area contributed by atoms with Gasteiger partial charge in [-0.05, 0) is 24.6 Å². The molecule has 0 saturated heterocycles. The second kappa shape index (κ2) is 6.48. The van der Waals surface area contributed by atoms with E-state index in [9.17, 15) is 9.59 Å². The van der Waals surface area contributed by atoms with Crippen molar-refractivity contribution in [3.63, 3.8) is 0 Å². The molecular formula is C15H17NO6. The molecule has 0 aliphatic rings. The predicted molar refractivity (Wildman–Crippen MR) is 78.3 cm³/mol. The van der Waals surface area contributed by atoms with Gasteiger partial charge in [0, 0.05) is 5.39 Å². The Labute approximate surface area is 126 Å². The Morgan fingerprint density at radius 1 is 1.18 bits per heavy atom. The summed E-state index contributed by atoms with van der Waals surface area (Å²) in [5.41, 5.74) is 1.79. The first kappa shape index (κ1) is 15.8. The number of aliphatic hydroxyl groups excluding tert-OH is 1. The third-order valence-electron chi connectivity index (χ3n) is 3.31. The van der Waals surface area contributed by atoms with Crippen LogP contribution in [0, 0.1) is 6.92 Å². The lowest BCUT2D eigenvalue weighted by atomic mass is 10.0. The summed E-state index contributed by atoms with van der Waals surface area (Å²) in [5.74, 6) is -0.678. The van der Waals surface area contributed by atoms with Gasteiger partial charge in [0.25, 0.3) is 0 Å². The molecule has 0 bridgehead atoms. The number of aliphatic hydroxyl groups is 1. The standard InChI is InChI=1S/C15H17NO6/c1-8-9-6-11(15(19)21-3)16-13(9)12(22-5-4-17)7-10(8)14(18)20-2/h6-7,16-17H,4-5H2,1-3H3. The topological polar surface area (TPSA) is 97.9 Å². The van der Waals surface area contributed by atoms with Gasteiger partial charge in [-0.2, -0.15) is 0 Å². The van der Waals surface area contributed by atoms with Gasteiger partial charge in [0.15, 0.2) is 0 Å². The number of carbonyl (C=O) groups is 2. The molecule has 0 fully saturated rings. The summed E-state index contributed by atoms with van der Waals surface area (Å²) in [7, 11) is 2.57. The minimum absolute atomic E-state index is 0.0609. The van der Waals surface area contributed by atoms with Crippen molar-refractivity contribution in [1.82, 2.24) is 4.98 Å². The molecular weight excluding hydrogens is 290 g/mol. The van der Waals surface area contributed by atoms with Gasteiger partial charge < -0.3 is 24.3 Å². The fraction of sp³-hybridized carbons (Fsp3) is 0.333. The molecule has 0 amide bonds. The van der Waals surface area contributed by atoms with E-state index in [0.29, 0.717) is 27.8 Å². The number of aromatic amines is 1. The van der Waals surface area contributed by atoms with E-state index in [0.717, 1.165) is 0 Å². The van der Waals surface area contributed by atoms with Gasteiger partial charge in [-0.15, -0.1) is 0 Å². The number of aromatic nitrogens is 1. The van der Waals surface area contributed by atoms with E-state index in [1.807, 2.05) is 0 Å². The number of esters is 2. The summed E-state index contributed by atoms with van der Waals surface area (Å²) in [6, 6.07) is 3.12. The fourth-order valence-electron chi connectivity index (χ4n) is 2.21. The molecule has 0 saturated carbocycles. The van der Waals surface area contributed by atoms with Gasteiger partial charge in [-0.1, -0.05) is 0 Å². The van der Waals surface area contributed by atoms with Crippen molar-refractivity contribution in [2.24, 2.45) is 0 Å². The largest absolute Gasteiger partial charge is 0.489 e. The maximum atomic E-state index is 11.9. The van der Waals surface area contributed by atoms with Crippen molar-refractivity contribution in [2.75, 3.05) is 27.4 Å². The summed E-state index contributed by atoms with van der Waals surface area (Å²) in [4.78, 5) is 26.5. The molecule has 1 heterocycles. The van der Waals surface area contributed by atoms with E-state index in [2.05, 4.69) is 9.72 Å². The van der Waals surface area contributed by atoms with E-state index in [-0.39, 0.29) is 18.9 Å². The van der Waals surface area contributed by atoms with Gasteiger partial charge in [0.1, 0.15) is 18.1 Å². The van der Waals surface area contributed by atoms with E-state index in [4.69, 9.17) is 14.6 Å². The molecule has 2 aromatic rings. The molecule has 0 unspecified atom stereocenters. The molecule has 1 aromatic carbocycles. The molecule has 0 aliphatic carbocycles. The zero-order valence-corrected chi connectivity index (χ0v) is 12.6. The van der Waals surface area contributed by atoms with Crippen LogP contribution in [-0.2, 0) is 9.47 Å². The number of aryl methyl sites for hydroxylation is 1. The lowest BCUT2D eigenvalue weighted by Crippen LogP contribution is -2.07. The van der Waals surface area contributed by atoms with Crippen LogP contribution < -0.4 is 4.74 Å². The molecule has 0 radical (unpaired) electrons. The van der Waals surface area contributed by atoms with E-state index >= 15 is 0 Å². The molecule has 0 aliphatic heterocycles. The van der Waals surface area contributed by atoms with Gasteiger partial charge in [0.05, 0.1) is 31.9 Å². The average Bonchev–Trinajstić information content (AvgIpc) is 2.98. The lowest BCUT2D eigenvalue weighted by Gasteiger charge is -2.11. The first-order valence-corrected chi connectivity index (χ1v) is 6.60. The Morgan fingerprint density at radius 3 is 2.45 bits per heavy atom. The Balaban J connectivity index is 2.67. The Morgan fingerprint density at radius 2 is 1.86 bits per heavy atom. The highest BCUT2D eigenvalue weighted by Crippen LogP contribution is 2.32. The van der Waals surface area contributed by atoms with Crippen molar-refractivity contribution >= 4 is 22.8 Å². The molecule has 7 nitrogen and oxygen atoms in total. The number of nitrogens with one attached hydrogen (secondary N) is 1. The molecule has 7 heteroatoms. The molecule has 2 N–H and O–H groups in total. The predicted octanol–water partition coefficient (Wildman–Crippen LogP) is 1.42. The van der Waals surface area contributed by atoms with Crippen LogP contribution in [-0.4, -0.2) is 49.5 Å². The normalized spacial score (nSPS) is 10.5. The third-order valence-corrected chi connectivity index (χ3v) is 3.31. The third kappa shape index (κ3) is 2.75. The summed E-state index contributed by atoms with van der Waals surface area (Å²) in [6.07, 6.45) is 0. The minimum Gasteiger partial charge on any atom is -0.489 e. The zero-order chi connectivity index (χ0) is 16.3. The molecule has 118 valence electrons. The van der Waals surface area contributed by atoms with Crippen LogP contribution >= 0.6 is 0 Å². The number of ether oxygens (including phenoxy) is 3. The molecule has 0 atom stereocenters. The summed E-state index contributed by atoms with van der Waals surface area (Å²) in [5, 5.41) is 9.56. The van der Waals surface area contributed by atoms with Crippen LogP contribution in [0.15, 0.2) is 12.1 Å². The first-order chi connectivity index (χ1) is 10.5. The highest BCUT2D eigenvalue weighted by atomic mass is 16.5. The number of fused-ring (bicyclic) bond motifs is 1. The van der Waals surface area contributed by atoms with Crippen LogP contribution in [0.1, 0.15) is 26.4 Å². The fourth-order valence-corrected chi connectivity index (χ4v) is 2.21. The van der Waals surface area contributed by atoms with Crippen molar-refractivity contribution in [3.05, 3.63) is 29.0 Å². The second-order valence-electron chi connectivity index (χ2n) is 4.57. The van der Waals surface area contributed by atoms with Crippen LogP contribution in [0.25, 0.3) is 10.9 Å². The number of rotatable bonds is 5. The van der Waals surface area contributed by atoms with E-state index in [1.165, 1.54) is 20.3 Å². The Kier molecular flexibility index (Phi) is 4.67. The van der Waals surface area contributed by atoms with Crippen molar-refractivity contribution in [3.8, 4) is 5.75 Å². The molecule has 0 spiro atoms. The summed E-state index contributed by atoms with van der Waals surface area (Å²) in [6.45, 7) is 1.64. The molecule has 22 heavy (non-hydrogen) atoms. The quantitative estimate of drug-likeness (QED) is 0.811. The smallest absolute Gasteiger partial charge is 0.354 e. The average molecular weight is 307 g/mol. The second-order valence-corrected chi connectivity index (χ2v) is 4.57. The van der Waals surface area contributed by atoms with Crippen LogP contribution in [0.2, 0.25) is 0 Å². The van der Waals surface area contributed by atoms with Gasteiger partial charge in [-0.3, -0.25) is 0 Å². The number of benzene rings is 1. The van der Waals surface area contributed by atoms with Gasteiger partial charge in [0.2, 0.25) is 0 Å². The number of hydrogen-bond donors (Lipinski definition) is 2. The highest BCUT2D eigenvalue weighted by molar-refractivity contribution is 6.03. The SMILES string of the molecule is COC(=O)c1cc2c(C)c(C(=O)OC)cc(OCCO)c2[nH]1. The number of methoxy groups -OCH3 is 2. The van der Waals surface area contributed by atoms with E-state index in [1.54, 1.807) is 13.0 Å². The molecule has 1 aromatic heterocycles. The van der Waals surface area contributed by atoms with Gasteiger partial charge in [-0.25, -0.2) is 9.59 Å². The minimum atomic E-state index is -0.525. The maximum absolute atomic E-state index is 11.9. The zero-order valence-electron chi connectivity index (χ0n) is 12.6. The highest BCUT2D eigenvalue weighted by Gasteiger charge is 2.20. The Bertz CT molecular complexity index is 718. The summed E-state index contributed by atoms with van der Waals surface area (Å²) < 4.78 is 14.9. The monoisotopic (exact) mass is 307 g/mol. The van der Waals surface area contributed by atoms with Gasteiger partial charge >= 0.3 is 11.9 Å². The summed E-state index contributed by atoms with van der Waals surface area (Å²) >= 11 is 0. The van der Waals surface area contributed by atoms with Crippen molar-refractivity contribution in [2.45, 2.75) is 6.92 Å². The van der Waals surface area contributed by atoms with Crippen molar-refractivity contribution < 1.29 is 28.9 Å². The first-order valence-electron chi connectivity index (χ1n) is 6.60. The maximum Gasteiger partial charge on any atom is 0.354 e. The lowest BCUT2D eigenvalue weighted by molar-refractivity contribution is 0.0588. The van der Waals surface area contributed by atoms with Crippen LogP contribution in [0.3, 0.4) is 0 Å². The Hall–Kier alpha value is -2.54. The number of carbonyl (C=O) groups excluding carboxylic acids is 2. The molecule has 2 rings (SSSR count). The van der Waals surface area contributed by atoms with E-state index < -0.39 is 11.9 Å². The van der Waals surface area contributed by atoms with Crippen LogP contribution in [0.4, 0.5) is 0 Å². The van der Waals surface area contributed by atoms with Crippen LogP contribution in [0.5, 0.6) is 5.75 Å².